The highest BCUT2D eigenvalue weighted by Crippen LogP contribution is 2.32. The largest absolute Gasteiger partial charge is 0.416 e. The molecule has 2 N–H and O–H groups in total. The quantitative estimate of drug-likeness (QED) is 0.868. The van der Waals surface area contributed by atoms with Gasteiger partial charge in [0.25, 0.3) is 0 Å². The number of nitrogens with two attached hydrogens (primary N) is 1. The molecule has 0 atom stereocenters. The van der Waals surface area contributed by atoms with Crippen molar-refractivity contribution in [2.75, 3.05) is 6.54 Å². The topological polar surface area (TPSA) is 26.0 Å². The Morgan fingerprint density at radius 1 is 1.31 bits per heavy atom. The van der Waals surface area contributed by atoms with Gasteiger partial charge in [-0.3, -0.25) is 0 Å². The van der Waals surface area contributed by atoms with Crippen LogP contribution in [0.2, 0.25) is 5.02 Å². The van der Waals surface area contributed by atoms with Crippen LogP contribution in [0, 0.1) is 0 Å². The Balaban J connectivity index is 2.92. The van der Waals surface area contributed by atoms with E-state index < -0.39 is 11.7 Å². The molecule has 0 bridgehead atoms. The third kappa shape index (κ3) is 3.54. The molecule has 88 valence electrons. The van der Waals surface area contributed by atoms with Gasteiger partial charge < -0.3 is 5.73 Å². The van der Waals surface area contributed by atoms with Gasteiger partial charge in [0.15, 0.2) is 0 Å². The SMILES string of the molecule is NCCC=Cc1ccc(C(F)(F)F)cc1Cl. The van der Waals surface area contributed by atoms with Crippen LogP contribution >= 0.6 is 11.6 Å². The van der Waals surface area contributed by atoms with E-state index in [1.165, 1.54) is 6.07 Å². The molecule has 1 aromatic carbocycles. The number of halogens is 4. The van der Waals surface area contributed by atoms with Crippen LogP contribution in [-0.4, -0.2) is 6.54 Å². The number of benzene rings is 1. The highest BCUT2D eigenvalue weighted by molar-refractivity contribution is 6.32. The summed E-state index contributed by atoms with van der Waals surface area (Å²) < 4.78 is 36.9. The summed E-state index contributed by atoms with van der Waals surface area (Å²) in [6.07, 6.45) is -0.260. The van der Waals surface area contributed by atoms with Crippen molar-refractivity contribution in [1.82, 2.24) is 0 Å². The maximum Gasteiger partial charge on any atom is 0.416 e. The Morgan fingerprint density at radius 2 is 2.00 bits per heavy atom. The number of hydrogen-bond acceptors (Lipinski definition) is 1. The van der Waals surface area contributed by atoms with Crippen LogP contribution in [-0.2, 0) is 6.18 Å². The Hall–Kier alpha value is -1.00. The predicted octanol–water partition coefficient (Wildman–Crippen LogP) is 3.72. The molecule has 0 saturated carbocycles. The Labute approximate surface area is 96.7 Å². The second-order valence-electron chi connectivity index (χ2n) is 3.21. The van der Waals surface area contributed by atoms with Crippen LogP contribution in [0.3, 0.4) is 0 Å². The third-order valence-corrected chi connectivity index (χ3v) is 2.29. The molecule has 1 aromatic rings. The van der Waals surface area contributed by atoms with Crippen molar-refractivity contribution in [2.45, 2.75) is 12.6 Å². The van der Waals surface area contributed by atoms with E-state index >= 15 is 0 Å². The van der Waals surface area contributed by atoms with E-state index in [1.54, 1.807) is 12.2 Å². The lowest BCUT2D eigenvalue weighted by atomic mass is 10.1. The molecule has 0 fully saturated rings. The fourth-order valence-electron chi connectivity index (χ4n) is 1.15. The van der Waals surface area contributed by atoms with Crippen molar-refractivity contribution in [3.8, 4) is 0 Å². The normalized spacial score (nSPS) is 12.3. The van der Waals surface area contributed by atoms with Gasteiger partial charge in [0.2, 0.25) is 0 Å². The molecule has 0 aromatic heterocycles. The van der Waals surface area contributed by atoms with E-state index in [1.807, 2.05) is 0 Å². The first kappa shape index (κ1) is 13.1. The maximum absolute atomic E-state index is 12.3. The van der Waals surface area contributed by atoms with Gasteiger partial charge in [-0.1, -0.05) is 29.8 Å². The van der Waals surface area contributed by atoms with Gasteiger partial charge in [-0.25, -0.2) is 0 Å². The minimum absolute atomic E-state index is 0.0862. The highest BCUT2D eigenvalue weighted by atomic mass is 35.5. The first-order valence-corrected chi connectivity index (χ1v) is 5.06. The lowest BCUT2D eigenvalue weighted by Gasteiger charge is -2.07. The van der Waals surface area contributed by atoms with Gasteiger partial charge in [-0.15, -0.1) is 0 Å². The smallest absolute Gasteiger partial charge is 0.330 e. The van der Waals surface area contributed by atoms with Crippen molar-refractivity contribution < 1.29 is 13.2 Å². The van der Waals surface area contributed by atoms with Crippen molar-refractivity contribution in [1.29, 1.82) is 0 Å². The molecular formula is C11H11ClF3N. The number of hydrogen-bond donors (Lipinski definition) is 1. The van der Waals surface area contributed by atoms with Crippen LogP contribution in [0.15, 0.2) is 24.3 Å². The molecule has 0 aliphatic heterocycles. The van der Waals surface area contributed by atoms with E-state index in [4.69, 9.17) is 17.3 Å². The molecular weight excluding hydrogens is 239 g/mol. The summed E-state index contributed by atoms with van der Waals surface area (Å²) >= 11 is 5.73. The predicted molar refractivity (Wildman–Crippen MR) is 59.2 cm³/mol. The summed E-state index contributed by atoms with van der Waals surface area (Å²) in [5.74, 6) is 0. The summed E-state index contributed by atoms with van der Waals surface area (Å²) in [5.41, 5.74) is 5.10. The number of alkyl halides is 3. The monoisotopic (exact) mass is 249 g/mol. The number of rotatable bonds is 3. The van der Waals surface area contributed by atoms with Crippen LogP contribution in [0.5, 0.6) is 0 Å². The molecule has 1 nitrogen and oxygen atoms in total. The molecule has 0 amide bonds. The van der Waals surface area contributed by atoms with Crippen LogP contribution < -0.4 is 5.73 Å². The summed E-state index contributed by atoms with van der Waals surface area (Å²) in [6.45, 7) is 0.495. The summed E-state index contributed by atoms with van der Waals surface area (Å²) in [6, 6.07) is 3.27. The molecule has 0 spiro atoms. The van der Waals surface area contributed by atoms with E-state index in [0.717, 1.165) is 12.1 Å². The van der Waals surface area contributed by atoms with Gasteiger partial charge in [0, 0.05) is 5.02 Å². The lowest BCUT2D eigenvalue weighted by Crippen LogP contribution is -2.04. The Morgan fingerprint density at radius 3 is 2.50 bits per heavy atom. The lowest BCUT2D eigenvalue weighted by molar-refractivity contribution is -0.137. The molecule has 0 aliphatic carbocycles. The molecule has 0 saturated heterocycles. The van der Waals surface area contributed by atoms with Crippen molar-refractivity contribution >= 4 is 17.7 Å². The van der Waals surface area contributed by atoms with E-state index in [9.17, 15) is 13.2 Å². The van der Waals surface area contributed by atoms with Crippen molar-refractivity contribution in [3.63, 3.8) is 0 Å². The second-order valence-corrected chi connectivity index (χ2v) is 3.62. The van der Waals surface area contributed by atoms with Crippen molar-refractivity contribution in [2.24, 2.45) is 5.73 Å². The second kappa shape index (κ2) is 5.37. The fraction of sp³-hybridized carbons (Fsp3) is 0.273. The van der Waals surface area contributed by atoms with Gasteiger partial charge in [0.05, 0.1) is 5.56 Å². The maximum atomic E-state index is 12.3. The van der Waals surface area contributed by atoms with E-state index in [0.29, 0.717) is 18.5 Å². The minimum atomic E-state index is -4.36. The van der Waals surface area contributed by atoms with Crippen LogP contribution in [0.1, 0.15) is 17.5 Å². The molecule has 0 aliphatic rings. The average Bonchev–Trinajstić information content (AvgIpc) is 2.19. The molecule has 1 rings (SSSR count). The van der Waals surface area contributed by atoms with Crippen molar-refractivity contribution in [3.05, 3.63) is 40.4 Å². The van der Waals surface area contributed by atoms with Gasteiger partial charge in [0.1, 0.15) is 0 Å². The van der Waals surface area contributed by atoms with E-state index in [2.05, 4.69) is 0 Å². The Kier molecular flexibility index (Phi) is 4.38. The first-order chi connectivity index (χ1) is 7.45. The Bertz CT molecular complexity index is 385. The van der Waals surface area contributed by atoms with Crippen LogP contribution in [0.25, 0.3) is 6.08 Å². The molecule has 0 heterocycles. The molecule has 0 unspecified atom stereocenters. The highest BCUT2D eigenvalue weighted by Gasteiger charge is 2.30. The fourth-order valence-corrected chi connectivity index (χ4v) is 1.39. The summed E-state index contributed by atoms with van der Waals surface area (Å²) in [4.78, 5) is 0. The molecule has 0 radical (unpaired) electrons. The van der Waals surface area contributed by atoms with Gasteiger partial charge in [-0.2, -0.15) is 13.2 Å². The van der Waals surface area contributed by atoms with Gasteiger partial charge >= 0.3 is 6.18 Å². The third-order valence-electron chi connectivity index (χ3n) is 1.96. The van der Waals surface area contributed by atoms with Crippen LogP contribution in [0.4, 0.5) is 13.2 Å². The zero-order valence-electron chi connectivity index (χ0n) is 8.39. The molecule has 16 heavy (non-hydrogen) atoms. The first-order valence-electron chi connectivity index (χ1n) is 4.68. The zero-order chi connectivity index (χ0) is 12.2. The summed E-state index contributed by atoms with van der Waals surface area (Å²) in [5, 5.41) is 0.0862. The van der Waals surface area contributed by atoms with E-state index in [-0.39, 0.29) is 5.02 Å². The molecule has 5 heteroatoms. The average molecular weight is 250 g/mol. The zero-order valence-corrected chi connectivity index (χ0v) is 9.15. The standard InChI is InChI=1S/C11H11ClF3N/c12-10-7-9(11(13,14)15)5-4-8(10)3-1-2-6-16/h1,3-5,7H,2,6,16H2. The summed E-state index contributed by atoms with van der Waals surface area (Å²) in [7, 11) is 0. The minimum Gasteiger partial charge on any atom is -0.330 e. The van der Waals surface area contributed by atoms with Gasteiger partial charge in [-0.05, 0) is 30.7 Å².